The predicted octanol–water partition coefficient (Wildman–Crippen LogP) is 4.93. The van der Waals surface area contributed by atoms with Gasteiger partial charge in [-0.25, -0.2) is 0 Å². The topological polar surface area (TPSA) is 47.6 Å². The van der Waals surface area contributed by atoms with E-state index < -0.39 is 0 Å². The SMILES string of the molecule is N#CC(C#N)=C1C2C3C4C1C1C2C2C5C(Cc6ccc7c8c(cccc68)CC7)C(C32)C4C51. The largest absolute Gasteiger partial charge is 0.192 e. The van der Waals surface area contributed by atoms with Gasteiger partial charge >= 0.3 is 0 Å². The highest BCUT2D eigenvalue weighted by atomic mass is 14.9. The van der Waals surface area contributed by atoms with E-state index in [0.29, 0.717) is 17.4 Å². The van der Waals surface area contributed by atoms with Crippen molar-refractivity contribution in [1.82, 2.24) is 0 Å². The fourth-order valence-electron chi connectivity index (χ4n) is 13.0. The standard InChI is InChI=1S/C30H24N2/c31-9-14(10-32)18-21-27-23-19-16(20-25(23)29(21)30-22(18)28(27)24(19)26(20)30)8-13-7-6-12-5-4-11-2-1-3-15(13)17(11)12/h1-3,6-7,16,19-30H,4-5,8H2. The zero-order chi connectivity index (χ0) is 20.6. The zero-order valence-corrected chi connectivity index (χ0v) is 17.9. The first-order valence-electron chi connectivity index (χ1n) is 12.9. The Bertz CT molecular complexity index is 1330. The molecule has 8 atom stereocenters. The Hall–Kier alpha value is -2.58. The molecule has 0 heterocycles. The Kier molecular flexibility index (Phi) is 2.36. The van der Waals surface area contributed by atoms with Crippen LogP contribution < -0.4 is 0 Å². The summed E-state index contributed by atoms with van der Waals surface area (Å²) < 4.78 is 0. The Morgan fingerprint density at radius 3 is 1.91 bits per heavy atom. The van der Waals surface area contributed by atoms with Crippen molar-refractivity contribution in [3.05, 3.63) is 58.2 Å². The highest BCUT2D eigenvalue weighted by Gasteiger charge is 2.91. The minimum atomic E-state index is 0.515. The smallest absolute Gasteiger partial charge is 0.129 e. The molecule has 8 saturated carbocycles. The Balaban J connectivity index is 1.10. The summed E-state index contributed by atoms with van der Waals surface area (Å²) in [7, 11) is 0. The number of hydrogen-bond donors (Lipinski definition) is 0. The van der Waals surface area contributed by atoms with E-state index >= 15 is 0 Å². The molecule has 0 saturated heterocycles. The van der Waals surface area contributed by atoms with Crippen LogP contribution in [0.25, 0.3) is 10.8 Å². The molecule has 0 radical (unpaired) electrons. The summed E-state index contributed by atoms with van der Waals surface area (Å²) in [6.07, 6.45) is 3.74. The normalized spacial score (nSPS) is 51.8. The van der Waals surface area contributed by atoms with Crippen molar-refractivity contribution in [2.45, 2.75) is 19.3 Å². The lowest BCUT2D eigenvalue weighted by atomic mass is 9.80. The molecule has 8 unspecified atom stereocenters. The monoisotopic (exact) mass is 412 g/mol. The Morgan fingerprint density at radius 1 is 0.719 bits per heavy atom. The first kappa shape index (κ1) is 16.1. The molecule has 2 aromatic carbocycles. The van der Waals surface area contributed by atoms with E-state index in [1.165, 1.54) is 24.8 Å². The van der Waals surface area contributed by atoms with Crippen molar-refractivity contribution in [1.29, 1.82) is 10.5 Å². The van der Waals surface area contributed by atoms with Crippen LogP contribution in [0.15, 0.2) is 41.5 Å². The van der Waals surface area contributed by atoms with E-state index in [-0.39, 0.29) is 0 Å². The molecule has 11 rings (SSSR count). The van der Waals surface area contributed by atoms with Gasteiger partial charge in [-0.2, -0.15) is 10.5 Å². The highest BCUT2D eigenvalue weighted by Crippen LogP contribution is 2.95. The van der Waals surface area contributed by atoms with Crippen molar-refractivity contribution in [2.24, 2.45) is 76.9 Å². The van der Waals surface area contributed by atoms with Gasteiger partial charge in [0.15, 0.2) is 0 Å². The van der Waals surface area contributed by atoms with Gasteiger partial charge in [-0.05, 0) is 129 Å². The molecule has 32 heavy (non-hydrogen) atoms. The van der Waals surface area contributed by atoms with Gasteiger partial charge in [0.1, 0.15) is 17.7 Å². The minimum absolute atomic E-state index is 0.515. The van der Waals surface area contributed by atoms with Crippen LogP contribution in [-0.2, 0) is 19.3 Å². The molecule has 0 amide bonds. The fourth-order valence-corrected chi connectivity index (χ4v) is 13.0. The molecule has 9 aliphatic carbocycles. The lowest BCUT2D eigenvalue weighted by Gasteiger charge is -2.24. The zero-order valence-electron chi connectivity index (χ0n) is 17.9. The average molecular weight is 413 g/mol. The second kappa shape index (κ2) is 4.70. The molecule has 154 valence electrons. The molecule has 8 fully saturated rings. The van der Waals surface area contributed by atoms with Gasteiger partial charge in [0.2, 0.25) is 0 Å². The third kappa shape index (κ3) is 1.30. The molecule has 2 heteroatoms. The van der Waals surface area contributed by atoms with Gasteiger partial charge < -0.3 is 0 Å². The summed E-state index contributed by atoms with van der Waals surface area (Å²) >= 11 is 0. The van der Waals surface area contributed by atoms with Gasteiger partial charge in [0.25, 0.3) is 0 Å². The van der Waals surface area contributed by atoms with Gasteiger partial charge in [0, 0.05) is 0 Å². The number of nitrogens with zero attached hydrogens (tertiary/aromatic N) is 2. The highest BCUT2D eigenvalue weighted by molar-refractivity contribution is 5.93. The third-order valence-electron chi connectivity index (χ3n) is 12.6. The number of aryl methyl sites for hydroxylation is 2. The van der Waals surface area contributed by atoms with E-state index in [0.717, 1.165) is 65.1 Å². The molecular weight excluding hydrogens is 388 g/mol. The molecule has 9 aliphatic rings. The summed E-state index contributed by atoms with van der Waals surface area (Å²) in [5.74, 6) is 11.1. The van der Waals surface area contributed by atoms with E-state index in [4.69, 9.17) is 0 Å². The lowest BCUT2D eigenvalue weighted by Crippen LogP contribution is -2.21. The molecule has 2 aromatic rings. The van der Waals surface area contributed by atoms with E-state index in [1.54, 1.807) is 27.5 Å². The van der Waals surface area contributed by atoms with E-state index in [1.807, 2.05) is 0 Å². The fraction of sp³-hybridized carbons (Fsp3) is 0.533. The maximum absolute atomic E-state index is 9.66. The first-order valence-corrected chi connectivity index (χ1v) is 12.9. The van der Waals surface area contributed by atoms with Crippen LogP contribution in [0.1, 0.15) is 16.7 Å². The minimum Gasteiger partial charge on any atom is -0.192 e. The van der Waals surface area contributed by atoms with Crippen LogP contribution in [0.3, 0.4) is 0 Å². The number of benzene rings is 2. The van der Waals surface area contributed by atoms with Gasteiger partial charge in [-0.15, -0.1) is 0 Å². The van der Waals surface area contributed by atoms with Crippen LogP contribution in [0.5, 0.6) is 0 Å². The lowest BCUT2D eigenvalue weighted by molar-refractivity contribution is 0.220. The summed E-state index contributed by atoms with van der Waals surface area (Å²) in [4.78, 5) is 0. The van der Waals surface area contributed by atoms with Crippen LogP contribution in [-0.4, -0.2) is 0 Å². The average Bonchev–Trinajstić information content (AvgIpc) is 3.60. The Morgan fingerprint density at radius 2 is 1.31 bits per heavy atom. The molecule has 0 spiro atoms. The number of nitriles is 2. The van der Waals surface area contributed by atoms with Crippen molar-refractivity contribution < 1.29 is 0 Å². The van der Waals surface area contributed by atoms with E-state index in [9.17, 15) is 10.5 Å². The molecule has 2 nitrogen and oxygen atoms in total. The van der Waals surface area contributed by atoms with Crippen molar-refractivity contribution in [3.63, 3.8) is 0 Å². The maximum atomic E-state index is 9.66. The molecule has 4 bridgehead atoms. The predicted molar refractivity (Wildman–Crippen MR) is 119 cm³/mol. The number of hydrogen-bond acceptors (Lipinski definition) is 2. The maximum Gasteiger partial charge on any atom is 0.129 e. The summed E-state index contributed by atoms with van der Waals surface area (Å²) in [5.41, 5.74) is 6.64. The van der Waals surface area contributed by atoms with Crippen molar-refractivity contribution >= 4 is 10.8 Å². The van der Waals surface area contributed by atoms with Crippen LogP contribution in [0, 0.1) is 99.6 Å². The van der Waals surface area contributed by atoms with Gasteiger partial charge in [-0.1, -0.05) is 30.3 Å². The second-order valence-corrected chi connectivity index (χ2v) is 12.5. The van der Waals surface area contributed by atoms with Gasteiger partial charge in [-0.3, -0.25) is 0 Å². The second-order valence-electron chi connectivity index (χ2n) is 12.5. The summed E-state index contributed by atoms with van der Waals surface area (Å²) in [5, 5.41) is 22.5. The molecule has 0 aromatic heterocycles. The third-order valence-corrected chi connectivity index (χ3v) is 12.6. The van der Waals surface area contributed by atoms with Crippen molar-refractivity contribution in [3.8, 4) is 12.1 Å². The van der Waals surface area contributed by atoms with E-state index in [2.05, 4.69) is 42.5 Å². The number of rotatable bonds is 2. The van der Waals surface area contributed by atoms with Crippen LogP contribution in [0.4, 0.5) is 0 Å². The van der Waals surface area contributed by atoms with Crippen molar-refractivity contribution in [2.75, 3.05) is 0 Å². The summed E-state index contributed by atoms with van der Waals surface area (Å²) in [6.45, 7) is 0. The molecule has 0 N–H and O–H groups in total. The van der Waals surface area contributed by atoms with Gasteiger partial charge in [0.05, 0.1) is 0 Å². The molecular formula is C30H24N2. The first-order chi connectivity index (χ1) is 15.8. The number of allylic oxidation sites excluding steroid dienone is 2. The quantitative estimate of drug-likeness (QED) is 0.657. The summed E-state index contributed by atoms with van der Waals surface area (Å²) in [6, 6.07) is 16.6. The molecule has 0 aliphatic heterocycles. The Labute approximate surface area is 187 Å². The van der Waals surface area contributed by atoms with Crippen LogP contribution in [0.2, 0.25) is 0 Å². The van der Waals surface area contributed by atoms with Crippen LogP contribution >= 0.6 is 0 Å².